The fourth-order valence-electron chi connectivity index (χ4n) is 3.20. The lowest BCUT2D eigenvalue weighted by Crippen LogP contribution is -2.59. The zero-order chi connectivity index (χ0) is 17.0. The highest BCUT2D eigenvalue weighted by Gasteiger charge is 2.49. The lowest BCUT2D eigenvalue weighted by molar-refractivity contribution is -0.133. The Hall–Kier alpha value is -2.18. The molecule has 6 nitrogen and oxygen atoms in total. The summed E-state index contributed by atoms with van der Waals surface area (Å²) in [7, 11) is 5.33. The summed E-state index contributed by atoms with van der Waals surface area (Å²) in [6.45, 7) is 0.291. The van der Waals surface area contributed by atoms with Gasteiger partial charge in [-0.25, -0.2) is 0 Å². The molecule has 3 N–H and O–H groups in total. The second-order valence-electron chi connectivity index (χ2n) is 7.21. The first-order chi connectivity index (χ1) is 10.7. The van der Waals surface area contributed by atoms with E-state index in [9.17, 15) is 14.4 Å². The zero-order valence-corrected chi connectivity index (χ0v) is 13.6. The predicted octanol–water partition coefficient (Wildman–Crippen LogP) is -2.63. The highest BCUT2D eigenvalue weighted by atomic mass is 16.2. The van der Waals surface area contributed by atoms with Gasteiger partial charge in [0.2, 0.25) is 11.8 Å². The molecule has 1 aromatic carbocycles. The summed E-state index contributed by atoms with van der Waals surface area (Å²) < 4.78 is 0. The molecular formula is C14H18B3N3O3. The standard InChI is InChI=1S/C14H18B3N3O3/c15-13(16)4-5-14(17,12(23)19-11(13)22)20-6-8-7(10(20)21)2-1-3-9(8)18/h1-3H,4-6,15-18H2,(H,19,22,23). The molecule has 1 fully saturated rings. The molecular weight excluding hydrogens is 291 g/mol. The topological polar surface area (TPSA) is 92.5 Å². The number of nitrogens with two attached hydrogens (primary N) is 1. The Morgan fingerprint density at radius 3 is 2.43 bits per heavy atom. The highest BCUT2D eigenvalue weighted by molar-refractivity contribution is 6.52. The summed E-state index contributed by atoms with van der Waals surface area (Å²) in [4.78, 5) is 39.1. The number of anilines is 1. The van der Waals surface area contributed by atoms with Gasteiger partial charge >= 0.3 is 0 Å². The average Bonchev–Trinajstić information content (AvgIpc) is 2.80. The van der Waals surface area contributed by atoms with Crippen molar-refractivity contribution in [3.63, 3.8) is 0 Å². The Balaban J connectivity index is 1.99. The van der Waals surface area contributed by atoms with Gasteiger partial charge in [-0.3, -0.25) is 19.7 Å². The molecule has 2 heterocycles. The van der Waals surface area contributed by atoms with Crippen LogP contribution in [0, 0.1) is 0 Å². The van der Waals surface area contributed by atoms with Crippen molar-refractivity contribution in [1.82, 2.24) is 10.2 Å². The van der Waals surface area contributed by atoms with E-state index < -0.39 is 16.6 Å². The lowest BCUT2D eigenvalue weighted by atomic mass is 9.51. The molecule has 3 amide bonds. The molecule has 2 aliphatic heterocycles. The van der Waals surface area contributed by atoms with Crippen LogP contribution < -0.4 is 11.1 Å². The average molecular weight is 309 g/mol. The summed E-state index contributed by atoms with van der Waals surface area (Å²) in [6.07, 6.45) is 0.952. The minimum absolute atomic E-state index is 0.211. The van der Waals surface area contributed by atoms with Gasteiger partial charge < -0.3 is 10.6 Å². The van der Waals surface area contributed by atoms with Gasteiger partial charge in [0.1, 0.15) is 23.5 Å². The van der Waals surface area contributed by atoms with Crippen LogP contribution in [0.15, 0.2) is 18.2 Å². The van der Waals surface area contributed by atoms with Gasteiger partial charge in [-0.15, -0.1) is 0 Å². The number of carbonyl (C=O) groups is 3. The maximum absolute atomic E-state index is 12.8. The van der Waals surface area contributed by atoms with E-state index in [1.165, 1.54) is 4.90 Å². The Bertz CT molecular complexity index is 737. The van der Waals surface area contributed by atoms with Gasteiger partial charge in [0.05, 0.1) is 5.44 Å². The van der Waals surface area contributed by atoms with Crippen molar-refractivity contribution in [3.8, 4) is 0 Å². The number of nitrogens with zero attached hydrogens (tertiary/aromatic N) is 1. The van der Waals surface area contributed by atoms with E-state index >= 15 is 0 Å². The lowest BCUT2D eigenvalue weighted by Gasteiger charge is -2.36. The fourth-order valence-corrected chi connectivity index (χ4v) is 3.20. The highest BCUT2D eigenvalue weighted by Crippen LogP contribution is 2.38. The summed E-state index contributed by atoms with van der Waals surface area (Å²) in [6, 6.07) is 5.20. The molecule has 0 radical (unpaired) electrons. The Morgan fingerprint density at radius 1 is 1.09 bits per heavy atom. The van der Waals surface area contributed by atoms with Crippen LogP contribution in [0.1, 0.15) is 28.8 Å². The van der Waals surface area contributed by atoms with Crippen LogP contribution in [0.5, 0.6) is 0 Å². The third-order valence-corrected chi connectivity index (χ3v) is 5.17. The van der Waals surface area contributed by atoms with E-state index in [1.54, 1.807) is 41.7 Å². The van der Waals surface area contributed by atoms with Crippen LogP contribution in [0.3, 0.4) is 0 Å². The second kappa shape index (κ2) is 4.91. The van der Waals surface area contributed by atoms with E-state index in [4.69, 9.17) is 5.73 Å². The monoisotopic (exact) mass is 309 g/mol. The minimum atomic E-state index is -1.06. The Morgan fingerprint density at radius 2 is 1.78 bits per heavy atom. The number of hydrogen-bond acceptors (Lipinski definition) is 4. The first-order valence-corrected chi connectivity index (χ1v) is 7.72. The predicted molar refractivity (Wildman–Crippen MR) is 94.2 cm³/mol. The molecule has 116 valence electrons. The van der Waals surface area contributed by atoms with Gasteiger partial charge in [-0.05, 0) is 23.8 Å². The summed E-state index contributed by atoms with van der Waals surface area (Å²) in [5, 5.41) is 1.82. The summed E-state index contributed by atoms with van der Waals surface area (Å²) in [5.74, 6) is -0.931. The van der Waals surface area contributed by atoms with E-state index in [0.29, 0.717) is 30.6 Å². The van der Waals surface area contributed by atoms with Crippen molar-refractivity contribution in [2.24, 2.45) is 0 Å². The van der Waals surface area contributed by atoms with E-state index in [0.717, 1.165) is 5.56 Å². The van der Waals surface area contributed by atoms with Crippen molar-refractivity contribution in [2.45, 2.75) is 30.0 Å². The number of benzene rings is 1. The van der Waals surface area contributed by atoms with Crippen molar-refractivity contribution >= 4 is 46.9 Å². The van der Waals surface area contributed by atoms with Crippen LogP contribution in [-0.2, 0) is 16.1 Å². The molecule has 0 saturated carbocycles. The summed E-state index contributed by atoms with van der Waals surface area (Å²) >= 11 is 0. The smallest absolute Gasteiger partial charge is 0.254 e. The number of carbonyl (C=O) groups excluding carboxylic acids is 3. The van der Waals surface area contributed by atoms with Crippen molar-refractivity contribution < 1.29 is 14.4 Å². The van der Waals surface area contributed by atoms with Crippen LogP contribution in [0.2, 0.25) is 5.21 Å². The molecule has 0 aliphatic carbocycles. The Labute approximate surface area is 137 Å². The van der Waals surface area contributed by atoms with E-state index in [1.807, 2.05) is 0 Å². The number of imide groups is 1. The normalized spacial score (nSPS) is 26.6. The van der Waals surface area contributed by atoms with E-state index in [-0.39, 0.29) is 11.8 Å². The molecule has 3 rings (SSSR count). The SMILES string of the molecule is BC1(B)CCC(B)(N2Cc3c(N)cccc3C2=O)C(=O)NC1=O. The Kier molecular flexibility index (Phi) is 3.35. The van der Waals surface area contributed by atoms with E-state index in [2.05, 4.69) is 5.32 Å². The molecule has 23 heavy (non-hydrogen) atoms. The number of fused-ring (bicyclic) bond motifs is 1. The minimum Gasteiger partial charge on any atom is -0.398 e. The maximum Gasteiger partial charge on any atom is 0.254 e. The number of nitrogen functional groups attached to an aromatic ring is 1. The van der Waals surface area contributed by atoms with Crippen LogP contribution >= 0.6 is 0 Å². The first-order valence-electron chi connectivity index (χ1n) is 7.72. The molecule has 2 aliphatic rings. The molecule has 1 saturated heterocycles. The number of rotatable bonds is 1. The zero-order valence-electron chi connectivity index (χ0n) is 13.6. The van der Waals surface area contributed by atoms with Crippen molar-refractivity contribution in [3.05, 3.63) is 29.3 Å². The molecule has 0 bridgehead atoms. The van der Waals surface area contributed by atoms with Crippen LogP contribution in [0.25, 0.3) is 0 Å². The van der Waals surface area contributed by atoms with Crippen molar-refractivity contribution in [2.75, 3.05) is 5.73 Å². The van der Waals surface area contributed by atoms with Gasteiger partial charge in [0, 0.05) is 23.4 Å². The maximum atomic E-state index is 12.8. The van der Waals surface area contributed by atoms with Crippen LogP contribution in [0.4, 0.5) is 5.69 Å². The molecule has 1 unspecified atom stereocenters. The third-order valence-electron chi connectivity index (χ3n) is 5.17. The quantitative estimate of drug-likeness (QED) is 0.337. The van der Waals surface area contributed by atoms with Gasteiger partial charge in [-0.2, -0.15) is 0 Å². The van der Waals surface area contributed by atoms with Gasteiger partial charge in [0.25, 0.3) is 5.91 Å². The largest absolute Gasteiger partial charge is 0.398 e. The molecule has 1 aromatic rings. The molecule has 9 heteroatoms. The summed E-state index contributed by atoms with van der Waals surface area (Å²) in [5.41, 5.74) is 6.74. The number of amides is 3. The fraction of sp³-hybridized carbons (Fsp3) is 0.357. The molecule has 0 aromatic heterocycles. The first kappa shape index (κ1) is 15.7. The van der Waals surface area contributed by atoms with Gasteiger partial charge in [-0.1, -0.05) is 12.5 Å². The third kappa shape index (κ3) is 2.26. The number of nitrogens with one attached hydrogen (secondary N) is 1. The molecule has 1 atom stereocenters. The van der Waals surface area contributed by atoms with Gasteiger partial charge in [0.15, 0.2) is 0 Å². The molecule has 0 spiro atoms. The number of hydrogen-bond donors (Lipinski definition) is 2. The van der Waals surface area contributed by atoms with Crippen LogP contribution in [-0.4, -0.2) is 51.6 Å². The second-order valence-corrected chi connectivity index (χ2v) is 7.21. The van der Waals surface area contributed by atoms with Crippen molar-refractivity contribution in [1.29, 1.82) is 0 Å².